The number of anilines is 2. The topological polar surface area (TPSA) is 118 Å². The second-order valence-corrected chi connectivity index (χ2v) is 6.42. The molecule has 0 spiro atoms. The molecule has 21 heavy (non-hydrogen) atoms. The van der Waals surface area contributed by atoms with E-state index in [2.05, 4.69) is 15.2 Å². The largest absolute Gasteiger partial charge is 0.396 e. The maximum absolute atomic E-state index is 12.2. The van der Waals surface area contributed by atoms with E-state index in [1.165, 1.54) is 11.3 Å². The smallest absolute Gasteiger partial charge is 0.265 e. The summed E-state index contributed by atoms with van der Waals surface area (Å²) in [4.78, 5) is 19.0. The molecular weight excluding hydrogens is 290 g/mol. The molecule has 2 rings (SSSR count). The van der Waals surface area contributed by atoms with Crippen LogP contribution in [-0.4, -0.2) is 47.8 Å². The van der Waals surface area contributed by atoms with Crippen LogP contribution < -0.4 is 21.7 Å². The molecule has 2 atom stereocenters. The van der Waals surface area contributed by atoms with E-state index in [9.17, 15) is 4.79 Å². The minimum Gasteiger partial charge on any atom is -0.396 e. The molecule has 1 amide bonds. The minimum atomic E-state index is -0.237. The van der Waals surface area contributed by atoms with E-state index in [0.29, 0.717) is 11.3 Å². The van der Waals surface area contributed by atoms with Gasteiger partial charge in [-0.3, -0.25) is 4.79 Å². The van der Waals surface area contributed by atoms with Gasteiger partial charge in [0, 0.05) is 31.8 Å². The second kappa shape index (κ2) is 7.06. The number of carbonyl (C=O) groups is 1. The lowest BCUT2D eigenvalue weighted by molar-refractivity contribution is 0.0939. The average molecular weight is 313 g/mol. The van der Waals surface area contributed by atoms with Gasteiger partial charge < -0.3 is 26.8 Å². The first-order valence-electron chi connectivity index (χ1n) is 7.19. The third-order valence-electron chi connectivity index (χ3n) is 3.52. The number of nitrogens with two attached hydrogens (primary N) is 2. The summed E-state index contributed by atoms with van der Waals surface area (Å²) in [5.41, 5.74) is 11.8. The van der Waals surface area contributed by atoms with Gasteiger partial charge in [-0.2, -0.15) is 0 Å². The SMILES string of the molecule is CC(CCO)NC(=O)c1sc(N2CCCC(N)C2)nc1N. The van der Waals surface area contributed by atoms with Gasteiger partial charge in [-0.25, -0.2) is 4.98 Å². The Labute approximate surface area is 128 Å². The van der Waals surface area contributed by atoms with Gasteiger partial charge in [0.25, 0.3) is 5.91 Å². The Hall–Kier alpha value is -1.38. The lowest BCUT2D eigenvalue weighted by Gasteiger charge is -2.30. The van der Waals surface area contributed by atoms with Gasteiger partial charge >= 0.3 is 0 Å². The lowest BCUT2D eigenvalue weighted by Crippen LogP contribution is -2.42. The Morgan fingerprint density at radius 2 is 2.43 bits per heavy atom. The predicted molar refractivity (Wildman–Crippen MR) is 84.6 cm³/mol. The zero-order valence-electron chi connectivity index (χ0n) is 12.2. The number of hydrogen-bond donors (Lipinski definition) is 4. The van der Waals surface area contributed by atoms with Crippen LogP contribution in [0.25, 0.3) is 0 Å². The normalized spacial score (nSPS) is 20.3. The molecule has 2 unspecified atom stereocenters. The van der Waals surface area contributed by atoms with E-state index in [1.54, 1.807) is 0 Å². The number of hydrogen-bond acceptors (Lipinski definition) is 7. The standard InChI is InChI=1S/C13H23N5O2S/c1-8(4-6-19)16-12(20)10-11(15)17-13(21-10)18-5-2-3-9(14)7-18/h8-9,19H,2-7,14-15H2,1H3,(H,16,20). The molecule has 2 heterocycles. The van der Waals surface area contributed by atoms with Gasteiger partial charge in [0.15, 0.2) is 5.13 Å². The number of thiazole rings is 1. The molecule has 0 aromatic carbocycles. The highest BCUT2D eigenvalue weighted by Crippen LogP contribution is 2.29. The molecule has 0 radical (unpaired) electrons. The van der Waals surface area contributed by atoms with Crippen LogP contribution in [0, 0.1) is 0 Å². The molecule has 1 aromatic rings. The highest BCUT2D eigenvalue weighted by atomic mass is 32.1. The number of amides is 1. The van der Waals surface area contributed by atoms with Gasteiger partial charge in [-0.15, -0.1) is 0 Å². The fraction of sp³-hybridized carbons (Fsp3) is 0.692. The number of aliphatic hydroxyl groups is 1. The van der Waals surface area contributed by atoms with Crippen molar-refractivity contribution in [1.29, 1.82) is 0 Å². The van der Waals surface area contributed by atoms with Gasteiger partial charge in [0.2, 0.25) is 0 Å². The van der Waals surface area contributed by atoms with Gasteiger partial charge in [0.05, 0.1) is 0 Å². The maximum atomic E-state index is 12.2. The van der Waals surface area contributed by atoms with Crippen LogP contribution in [0.1, 0.15) is 35.9 Å². The summed E-state index contributed by atoms with van der Waals surface area (Å²) in [7, 11) is 0. The minimum absolute atomic E-state index is 0.0382. The fourth-order valence-electron chi connectivity index (χ4n) is 2.36. The van der Waals surface area contributed by atoms with Crippen molar-refractivity contribution in [1.82, 2.24) is 10.3 Å². The Balaban J connectivity index is 2.06. The molecule has 1 aliphatic rings. The predicted octanol–water partition coefficient (Wildman–Crippen LogP) is 0.154. The van der Waals surface area contributed by atoms with Crippen molar-refractivity contribution in [2.75, 3.05) is 30.3 Å². The van der Waals surface area contributed by atoms with E-state index in [1.807, 2.05) is 6.92 Å². The van der Waals surface area contributed by atoms with Crippen LogP contribution in [0.4, 0.5) is 10.9 Å². The summed E-state index contributed by atoms with van der Waals surface area (Å²) < 4.78 is 0. The Bertz CT molecular complexity index is 493. The summed E-state index contributed by atoms with van der Waals surface area (Å²) >= 11 is 1.30. The zero-order chi connectivity index (χ0) is 15.4. The first-order valence-corrected chi connectivity index (χ1v) is 8.01. The van der Waals surface area contributed by atoms with Crippen LogP contribution >= 0.6 is 11.3 Å². The quantitative estimate of drug-likeness (QED) is 0.615. The van der Waals surface area contributed by atoms with Crippen LogP contribution in [0.3, 0.4) is 0 Å². The maximum Gasteiger partial charge on any atom is 0.265 e. The summed E-state index contributed by atoms with van der Waals surface area (Å²) in [6.07, 6.45) is 2.55. The summed E-state index contributed by atoms with van der Waals surface area (Å²) in [6.45, 7) is 3.52. The van der Waals surface area contributed by atoms with E-state index >= 15 is 0 Å². The number of rotatable bonds is 5. The number of carbonyl (C=O) groups excluding carboxylic acids is 1. The molecular formula is C13H23N5O2S. The number of aromatic nitrogens is 1. The zero-order valence-corrected chi connectivity index (χ0v) is 13.0. The molecule has 0 saturated carbocycles. The number of aliphatic hydroxyl groups excluding tert-OH is 1. The third kappa shape index (κ3) is 4.05. The van der Waals surface area contributed by atoms with Crippen LogP contribution in [0.5, 0.6) is 0 Å². The van der Waals surface area contributed by atoms with Crippen molar-refractivity contribution in [2.45, 2.75) is 38.3 Å². The molecule has 118 valence electrons. The van der Waals surface area contributed by atoms with Crippen LogP contribution in [0.15, 0.2) is 0 Å². The highest BCUT2D eigenvalue weighted by molar-refractivity contribution is 7.18. The number of piperidine rings is 1. The number of nitrogen functional groups attached to an aromatic ring is 1. The monoisotopic (exact) mass is 313 g/mol. The second-order valence-electron chi connectivity index (χ2n) is 5.45. The molecule has 6 N–H and O–H groups in total. The third-order valence-corrected chi connectivity index (χ3v) is 4.65. The Morgan fingerprint density at radius 3 is 3.10 bits per heavy atom. The van der Waals surface area contributed by atoms with E-state index in [4.69, 9.17) is 16.6 Å². The Kier molecular flexibility index (Phi) is 5.38. The van der Waals surface area contributed by atoms with Crippen molar-refractivity contribution in [2.24, 2.45) is 5.73 Å². The highest BCUT2D eigenvalue weighted by Gasteiger charge is 2.23. The molecule has 1 aromatic heterocycles. The van der Waals surface area contributed by atoms with Crippen molar-refractivity contribution in [3.05, 3.63) is 4.88 Å². The van der Waals surface area contributed by atoms with E-state index in [-0.39, 0.29) is 30.4 Å². The molecule has 1 saturated heterocycles. The van der Waals surface area contributed by atoms with E-state index < -0.39 is 0 Å². The first kappa shape index (κ1) is 16.0. The van der Waals surface area contributed by atoms with Gasteiger partial charge in [0.1, 0.15) is 10.7 Å². The summed E-state index contributed by atoms with van der Waals surface area (Å²) in [6, 6.07) is 0.0431. The van der Waals surface area contributed by atoms with Crippen molar-refractivity contribution >= 4 is 28.2 Å². The number of nitrogens with one attached hydrogen (secondary N) is 1. The van der Waals surface area contributed by atoms with Gasteiger partial charge in [-0.05, 0) is 26.2 Å². The molecule has 1 fully saturated rings. The summed E-state index contributed by atoms with van der Waals surface area (Å²) in [5.74, 6) is 0.0151. The summed E-state index contributed by atoms with van der Waals surface area (Å²) in [5, 5.41) is 12.4. The van der Waals surface area contributed by atoms with Crippen LogP contribution in [0.2, 0.25) is 0 Å². The van der Waals surface area contributed by atoms with Crippen molar-refractivity contribution < 1.29 is 9.90 Å². The lowest BCUT2D eigenvalue weighted by atomic mass is 10.1. The number of nitrogens with zero attached hydrogens (tertiary/aromatic N) is 2. The molecule has 7 nitrogen and oxygen atoms in total. The van der Waals surface area contributed by atoms with Crippen molar-refractivity contribution in [3.8, 4) is 0 Å². The van der Waals surface area contributed by atoms with Crippen molar-refractivity contribution in [3.63, 3.8) is 0 Å². The fourth-order valence-corrected chi connectivity index (χ4v) is 3.28. The molecule has 1 aliphatic heterocycles. The molecule has 8 heteroatoms. The van der Waals surface area contributed by atoms with E-state index in [0.717, 1.165) is 31.1 Å². The average Bonchev–Trinajstić information content (AvgIpc) is 2.81. The Morgan fingerprint density at radius 1 is 1.67 bits per heavy atom. The molecule has 0 aliphatic carbocycles. The first-order chi connectivity index (χ1) is 10.0. The van der Waals surface area contributed by atoms with Crippen LogP contribution in [-0.2, 0) is 0 Å². The van der Waals surface area contributed by atoms with Gasteiger partial charge in [-0.1, -0.05) is 11.3 Å². The molecule has 0 bridgehead atoms.